The number of rotatable bonds is 4. The molecule has 1 aliphatic heterocycles. The van der Waals surface area contributed by atoms with Gasteiger partial charge in [-0.2, -0.15) is 0 Å². The third-order valence-electron chi connectivity index (χ3n) is 3.38. The number of aromatic nitrogens is 2. The number of nitrogens with zero attached hydrogens (tertiary/aromatic N) is 2. The number of ether oxygens (including phenoxy) is 2. The van der Waals surface area contributed by atoms with Crippen molar-refractivity contribution in [1.82, 2.24) is 9.97 Å². The maximum absolute atomic E-state index is 5.93. The first-order chi connectivity index (χ1) is 9.10. The Hall–Kier alpha value is -0.470. The predicted octanol–water partition coefficient (Wildman–Crippen LogP) is 2.69. The lowest BCUT2D eigenvalue weighted by atomic mass is 9.95. The highest BCUT2D eigenvalue weighted by Gasteiger charge is 2.34. The molecule has 19 heavy (non-hydrogen) atoms. The third-order valence-corrected chi connectivity index (χ3v) is 4.51. The van der Waals surface area contributed by atoms with Gasteiger partial charge in [-0.25, -0.2) is 9.97 Å². The highest BCUT2D eigenvalue weighted by atomic mass is 127. The zero-order valence-corrected chi connectivity index (χ0v) is 13.8. The second-order valence-electron chi connectivity index (χ2n) is 4.88. The van der Waals surface area contributed by atoms with Crippen molar-refractivity contribution in [2.45, 2.75) is 38.4 Å². The normalized spacial score (nSPS) is 23.4. The summed E-state index contributed by atoms with van der Waals surface area (Å²) >= 11 is 2.25. The SMILES string of the molecule is CNc1nc(C2(C)CCCCO2)nc(COC)c1I. The van der Waals surface area contributed by atoms with Crippen LogP contribution in [0.1, 0.15) is 37.7 Å². The molecule has 1 aliphatic rings. The fraction of sp³-hybridized carbons (Fsp3) is 0.692. The number of methoxy groups -OCH3 is 1. The van der Waals surface area contributed by atoms with E-state index < -0.39 is 0 Å². The number of nitrogens with one attached hydrogen (secondary N) is 1. The summed E-state index contributed by atoms with van der Waals surface area (Å²) in [6.45, 7) is 3.34. The number of halogens is 1. The van der Waals surface area contributed by atoms with Crippen LogP contribution in [0.5, 0.6) is 0 Å². The van der Waals surface area contributed by atoms with Gasteiger partial charge in [0.25, 0.3) is 0 Å². The van der Waals surface area contributed by atoms with E-state index in [2.05, 4.69) is 44.8 Å². The van der Waals surface area contributed by atoms with Gasteiger partial charge in [0.1, 0.15) is 11.4 Å². The van der Waals surface area contributed by atoms with E-state index in [4.69, 9.17) is 9.47 Å². The van der Waals surface area contributed by atoms with Crippen LogP contribution < -0.4 is 5.32 Å². The van der Waals surface area contributed by atoms with Crippen molar-refractivity contribution in [2.75, 3.05) is 26.1 Å². The van der Waals surface area contributed by atoms with Crippen molar-refractivity contribution in [3.05, 3.63) is 15.1 Å². The Morgan fingerprint density at radius 2 is 2.21 bits per heavy atom. The van der Waals surface area contributed by atoms with Gasteiger partial charge in [0.15, 0.2) is 5.82 Å². The quantitative estimate of drug-likeness (QED) is 0.818. The molecule has 1 atom stereocenters. The Bertz CT molecular complexity index is 448. The zero-order chi connectivity index (χ0) is 13.9. The Morgan fingerprint density at radius 1 is 1.42 bits per heavy atom. The van der Waals surface area contributed by atoms with E-state index in [1.54, 1.807) is 7.11 Å². The summed E-state index contributed by atoms with van der Waals surface area (Å²) < 4.78 is 12.2. The predicted molar refractivity (Wildman–Crippen MR) is 82.2 cm³/mol. The van der Waals surface area contributed by atoms with Crippen molar-refractivity contribution in [2.24, 2.45) is 0 Å². The lowest BCUT2D eigenvalue weighted by molar-refractivity contribution is -0.0762. The van der Waals surface area contributed by atoms with E-state index in [9.17, 15) is 0 Å². The number of hydrogen-bond donors (Lipinski definition) is 1. The molecule has 5 nitrogen and oxygen atoms in total. The molecule has 6 heteroatoms. The monoisotopic (exact) mass is 377 g/mol. The molecule has 2 heterocycles. The van der Waals surface area contributed by atoms with Crippen LogP contribution >= 0.6 is 22.6 Å². The molecule has 0 saturated carbocycles. The molecule has 0 radical (unpaired) electrons. The highest BCUT2D eigenvalue weighted by Crippen LogP contribution is 2.34. The van der Waals surface area contributed by atoms with E-state index >= 15 is 0 Å². The smallest absolute Gasteiger partial charge is 0.162 e. The molecule has 0 bridgehead atoms. The summed E-state index contributed by atoms with van der Waals surface area (Å²) in [6.07, 6.45) is 3.23. The van der Waals surface area contributed by atoms with E-state index in [-0.39, 0.29) is 5.60 Å². The van der Waals surface area contributed by atoms with Crippen molar-refractivity contribution < 1.29 is 9.47 Å². The van der Waals surface area contributed by atoms with E-state index in [1.807, 2.05) is 7.05 Å². The average molecular weight is 377 g/mol. The van der Waals surface area contributed by atoms with E-state index in [1.165, 1.54) is 0 Å². The highest BCUT2D eigenvalue weighted by molar-refractivity contribution is 14.1. The molecule has 0 spiro atoms. The minimum atomic E-state index is -0.378. The minimum absolute atomic E-state index is 0.378. The molecular weight excluding hydrogens is 357 g/mol. The molecular formula is C13H20IN3O2. The lowest BCUT2D eigenvalue weighted by Gasteiger charge is -2.33. The van der Waals surface area contributed by atoms with Gasteiger partial charge in [0.2, 0.25) is 0 Å². The first-order valence-corrected chi connectivity index (χ1v) is 7.56. The van der Waals surface area contributed by atoms with Gasteiger partial charge in [0, 0.05) is 20.8 Å². The van der Waals surface area contributed by atoms with E-state index in [0.717, 1.165) is 46.8 Å². The Balaban J connectivity index is 2.41. The van der Waals surface area contributed by atoms with Crippen LogP contribution in [-0.2, 0) is 21.7 Å². The molecule has 1 saturated heterocycles. The largest absolute Gasteiger partial charge is 0.378 e. The van der Waals surface area contributed by atoms with Gasteiger partial charge >= 0.3 is 0 Å². The molecule has 1 N–H and O–H groups in total. The van der Waals surface area contributed by atoms with Crippen LogP contribution in [0.25, 0.3) is 0 Å². The van der Waals surface area contributed by atoms with Crippen molar-refractivity contribution in [3.8, 4) is 0 Å². The summed E-state index contributed by atoms with van der Waals surface area (Å²) in [5.74, 6) is 1.59. The van der Waals surface area contributed by atoms with Crippen molar-refractivity contribution in [1.29, 1.82) is 0 Å². The van der Waals surface area contributed by atoms with Crippen LogP contribution in [0.3, 0.4) is 0 Å². The summed E-state index contributed by atoms with van der Waals surface area (Å²) in [4.78, 5) is 9.28. The molecule has 0 amide bonds. The number of hydrogen-bond acceptors (Lipinski definition) is 5. The van der Waals surface area contributed by atoms with Gasteiger partial charge in [-0.1, -0.05) is 0 Å². The third kappa shape index (κ3) is 3.17. The Morgan fingerprint density at radius 3 is 2.79 bits per heavy atom. The van der Waals surface area contributed by atoms with Crippen LogP contribution in [-0.4, -0.2) is 30.7 Å². The maximum Gasteiger partial charge on any atom is 0.162 e. The zero-order valence-electron chi connectivity index (χ0n) is 11.6. The lowest BCUT2D eigenvalue weighted by Crippen LogP contribution is -2.33. The second-order valence-corrected chi connectivity index (χ2v) is 5.95. The summed E-state index contributed by atoms with van der Waals surface area (Å²) in [6, 6.07) is 0. The van der Waals surface area contributed by atoms with Crippen LogP contribution in [0.2, 0.25) is 0 Å². The van der Waals surface area contributed by atoms with Crippen LogP contribution in [0.4, 0.5) is 5.82 Å². The minimum Gasteiger partial charge on any atom is -0.378 e. The fourth-order valence-electron chi connectivity index (χ4n) is 2.24. The molecule has 0 aromatic carbocycles. The average Bonchev–Trinajstić information content (AvgIpc) is 2.42. The molecule has 1 fully saturated rings. The van der Waals surface area contributed by atoms with Gasteiger partial charge in [-0.3, -0.25) is 0 Å². The van der Waals surface area contributed by atoms with Crippen LogP contribution in [0, 0.1) is 3.57 Å². The topological polar surface area (TPSA) is 56.3 Å². The van der Waals surface area contributed by atoms with Gasteiger partial charge in [0.05, 0.1) is 15.9 Å². The van der Waals surface area contributed by atoms with Crippen LogP contribution in [0.15, 0.2) is 0 Å². The molecule has 2 rings (SSSR count). The summed E-state index contributed by atoms with van der Waals surface area (Å²) in [7, 11) is 3.55. The molecule has 106 valence electrons. The van der Waals surface area contributed by atoms with Crippen molar-refractivity contribution in [3.63, 3.8) is 0 Å². The summed E-state index contributed by atoms with van der Waals surface area (Å²) in [5.41, 5.74) is 0.532. The molecule has 1 aromatic rings. The van der Waals surface area contributed by atoms with Gasteiger partial charge in [-0.15, -0.1) is 0 Å². The summed E-state index contributed by atoms with van der Waals surface area (Å²) in [5, 5.41) is 3.12. The molecule has 1 unspecified atom stereocenters. The first kappa shape index (κ1) is 14.9. The van der Waals surface area contributed by atoms with Gasteiger partial charge in [-0.05, 0) is 48.8 Å². The Kier molecular flexibility index (Phi) is 4.97. The number of anilines is 1. The van der Waals surface area contributed by atoms with Gasteiger partial charge < -0.3 is 14.8 Å². The molecule has 0 aliphatic carbocycles. The molecule has 1 aromatic heterocycles. The fourth-order valence-corrected chi connectivity index (χ4v) is 2.91. The standard InChI is InChI=1S/C13H20IN3O2/c1-13(6-4-5-7-19-13)12-16-9(8-18-3)10(14)11(15-2)17-12/h4-8H2,1-3H3,(H,15,16,17). The van der Waals surface area contributed by atoms with Crippen molar-refractivity contribution >= 4 is 28.4 Å². The maximum atomic E-state index is 5.93. The second kappa shape index (κ2) is 6.32. The Labute approximate surface area is 127 Å². The first-order valence-electron chi connectivity index (χ1n) is 6.48. The van der Waals surface area contributed by atoms with E-state index in [0.29, 0.717) is 6.61 Å².